The van der Waals surface area contributed by atoms with Crippen LogP contribution in [0.4, 0.5) is 13.2 Å². The van der Waals surface area contributed by atoms with Crippen LogP contribution < -0.4 is 10.1 Å². The molecule has 1 heterocycles. The third-order valence-electron chi connectivity index (χ3n) is 3.17. The minimum atomic E-state index is -4.69. The maximum absolute atomic E-state index is 12.2. The SMILES string of the molecule is C#CC(NCc1cccc(OC(F)(F)F)c1)C1CCCO1. The molecule has 1 saturated heterocycles. The number of ether oxygens (including phenoxy) is 2. The van der Waals surface area contributed by atoms with E-state index in [0.717, 1.165) is 12.8 Å². The van der Waals surface area contributed by atoms with E-state index in [1.165, 1.54) is 18.2 Å². The van der Waals surface area contributed by atoms with Crippen LogP contribution in [0.1, 0.15) is 18.4 Å². The first-order valence-corrected chi connectivity index (χ1v) is 6.64. The Hall–Kier alpha value is -1.71. The monoisotopic (exact) mass is 299 g/mol. The summed E-state index contributed by atoms with van der Waals surface area (Å²) in [5.74, 6) is 2.38. The summed E-state index contributed by atoms with van der Waals surface area (Å²) in [7, 11) is 0. The van der Waals surface area contributed by atoms with E-state index in [1.807, 2.05) is 0 Å². The van der Waals surface area contributed by atoms with Gasteiger partial charge >= 0.3 is 6.36 Å². The number of alkyl halides is 3. The van der Waals surface area contributed by atoms with E-state index in [0.29, 0.717) is 18.7 Å². The number of hydrogen-bond acceptors (Lipinski definition) is 3. The molecule has 1 fully saturated rings. The van der Waals surface area contributed by atoms with Crippen molar-refractivity contribution in [2.45, 2.75) is 37.9 Å². The number of rotatable bonds is 5. The molecule has 0 spiro atoms. The molecule has 6 heteroatoms. The molecule has 1 aromatic rings. The Balaban J connectivity index is 1.93. The average Bonchev–Trinajstić information content (AvgIpc) is 2.92. The Labute approximate surface area is 121 Å². The van der Waals surface area contributed by atoms with Crippen molar-refractivity contribution in [1.29, 1.82) is 0 Å². The van der Waals surface area contributed by atoms with Gasteiger partial charge in [-0.05, 0) is 30.5 Å². The molecular formula is C15H16F3NO2. The zero-order chi connectivity index (χ0) is 15.3. The van der Waals surface area contributed by atoms with E-state index in [4.69, 9.17) is 11.2 Å². The minimum Gasteiger partial charge on any atom is -0.406 e. The maximum atomic E-state index is 12.2. The molecule has 1 aromatic carbocycles. The standard InChI is InChI=1S/C15H16F3NO2/c1-2-13(14-7-4-8-20-14)19-10-11-5-3-6-12(9-11)21-15(16,17)18/h1,3,5-6,9,13-14,19H,4,7-8,10H2. The van der Waals surface area contributed by atoms with Crippen LogP contribution in [0.25, 0.3) is 0 Å². The van der Waals surface area contributed by atoms with Crippen molar-refractivity contribution in [2.75, 3.05) is 6.61 Å². The van der Waals surface area contributed by atoms with E-state index in [1.54, 1.807) is 6.07 Å². The molecule has 3 nitrogen and oxygen atoms in total. The lowest BCUT2D eigenvalue weighted by Crippen LogP contribution is -2.37. The molecule has 1 N–H and O–H groups in total. The number of hydrogen-bond donors (Lipinski definition) is 1. The molecule has 2 atom stereocenters. The molecule has 0 aromatic heterocycles. The van der Waals surface area contributed by atoms with Crippen molar-refractivity contribution in [3.63, 3.8) is 0 Å². The molecule has 2 rings (SSSR count). The molecule has 0 bridgehead atoms. The highest BCUT2D eigenvalue weighted by Gasteiger charge is 2.31. The third kappa shape index (κ3) is 4.96. The maximum Gasteiger partial charge on any atom is 0.573 e. The van der Waals surface area contributed by atoms with E-state index < -0.39 is 6.36 Å². The molecule has 0 amide bonds. The lowest BCUT2D eigenvalue weighted by Gasteiger charge is -2.19. The van der Waals surface area contributed by atoms with Gasteiger partial charge in [0.2, 0.25) is 0 Å². The fourth-order valence-corrected chi connectivity index (χ4v) is 2.24. The topological polar surface area (TPSA) is 30.5 Å². The second-order valence-corrected chi connectivity index (χ2v) is 4.77. The lowest BCUT2D eigenvalue weighted by atomic mass is 10.1. The molecule has 21 heavy (non-hydrogen) atoms. The first kappa shape index (κ1) is 15.7. The van der Waals surface area contributed by atoms with Gasteiger partial charge in [0.15, 0.2) is 0 Å². The van der Waals surface area contributed by atoms with Gasteiger partial charge in [0, 0.05) is 13.2 Å². The fourth-order valence-electron chi connectivity index (χ4n) is 2.24. The second-order valence-electron chi connectivity index (χ2n) is 4.77. The highest BCUT2D eigenvalue weighted by molar-refractivity contribution is 5.28. The van der Waals surface area contributed by atoms with Crippen molar-refractivity contribution >= 4 is 0 Å². The molecule has 0 radical (unpaired) electrons. The Kier molecular flexibility index (Phi) is 5.10. The van der Waals surface area contributed by atoms with Gasteiger partial charge in [-0.3, -0.25) is 5.32 Å². The van der Waals surface area contributed by atoms with Gasteiger partial charge in [-0.15, -0.1) is 19.6 Å². The Morgan fingerprint density at radius 1 is 1.48 bits per heavy atom. The predicted molar refractivity (Wildman–Crippen MR) is 71.6 cm³/mol. The van der Waals surface area contributed by atoms with Crippen LogP contribution in [0, 0.1) is 12.3 Å². The molecule has 1 aliphatic heterocycles. The summed E-state index contributed by atoms with van der Waals surface area (Å²) in [5.41, 5.74) is 0.662. The van der Waals surface area contributed by atoms with E-state index in [2.05, 4.69) is 16.0 Å². The number of benzene rings is 1. The highest BCUT2D eigenvalue weighted by atomic mass is 19.4. The lowest BCUT2D eigenvalue weighted by molar-refractivity contribution is -0.274. The summed E-state index contributed by atoms with van der Waals surface area (Å²) in [5, 5.41) is 3.12. The van der Waals surface area contributed by atoms with Crippen LogP contribution >= 0.6 is 0 Å². The number of terminal acetylenes is 1. The summed E-state index contributed by atoms with van der Waals surface area (Å²) in [6.07, 6.45) is 2.60. The van der Waals surface area contributed by atoms with Crippen LogP contribution in [0.2, 0.25) is 0 Å². The van der Waals surface area contributed by atoms with E-state index in [9.17, 15) is 13.2 Å². The van der Waals surface area contributed by atoms with Gasteiger partial charge in [-0.2, -0.15) is 0 Å². The highest BCUT2D eigenvalue weighted by Crippen LogP contribution is 2.23. The van der Waals surface area contributed by atoms with Gasteiger partial charge in [-0.1, -0.05) is 18.1 Å². The minimum absolute atomic E-state index is 0.0374. The van der Waals surface area contributed by atoms with Gasteiger partial charge in [0.1, 0.15) is 5.75 Å². The molecule has 114 valence electrons. The second kappa shape index (κ2) is 6.83. The molecule has 2 unspecified atom stereocenters. The van der Waals surface area contributed by atoms with Gasteiger partial charge in [-0.25, -0.2) is 0 Å². The van der Waals surface area contributed by atoms with Crippen molar-refractivity contribution in [3.05, 3.63) is 29.8 Å². The van der Waals surface area contributed by atoms with Crippen LogP contribution in [-0.2, 0) is 11.3 Å². The largest absolute Gasteiger partial charge is 0.573 e. The summed E-state index contributed by atoms with van der Waals surface area (Å²) >= 11 is 0. The summed E-state index contributed by atoms with van der Waals surface area (Å²) in [6, 6.07) is 5.56. The third-order valence-corrected chi connectivity index (χ3v) is 3.17. The van der Waals surface area contributed by atoms with Gasteiger partial charge in [0.25, 0.3) is 0 Å². The van der Waals surface area contributed by atoms with Crippen LogP contribution in [-0.4, -0.2) is 25.1 Å². The normalized spacial score (nSPS) is 20.0. The van der Waals surface area contributed by atoms with E-state index >= 15 is 0 Å². The predicted octanol–water partition coefficient (Wildman–Crippen LogP) is 2.86. The zero-order valence-electron chi connectivity index (χ0n) is 11.3. The number of nitrogens with one attached hydrogen (secondary N) is 1. The molecule has 0 saturated carbocycles. The van der Waals surface area contributed by atoms with Crippen LogP contribution in [0.15, 0.2) is 24.3 Å². The zero-order valence-corrected chi connectivity index (χ0v) is 11.3. The van der Waals surface area contributed by atoms with Crippen molar-refractivity contribution in [1.82, 2.24) is 5.32 Å². The van der Waals surface area contributed by atoms with Crippen molar-refractivity contribution in [3.8, 4) is 18.1 Å². The first-order chi connectivity index (χ1) is 9.98. The first-order valence-electron chi connectivity index (χ1n) is 6.64. The Morgan fingerprint density at radius 3 is 2.90 bits per heavy atom. The summed E-state index contributed by atoms with van der Waals surface area (Å²) in [6.45, 7) is 1.04. The van der Waals surface area contributed by atoms with Gasteiger partial charge < -0.3 is 9.47 Å². The quantitative estimate of drug-likeness (QED) is 0.848. The molecule has 0 aliphatic carbocycles. The Morgan fingerprint density at radius 2 is 2.29 bits per heavy atom. The van der Waals surface area contributed by atoms with Crippen molar-refractivity contribution in [2.24, 2.45) is 0 Å². The van der Waals surface area contributed by atoms with Crippen LogP contribution in [0.3, 0.4) is 0 Å². The van der Waals surface area contributed by atoms with Crippen molar-refractivity contribution < 1.29 is 22.6 Å². The average molecular weight is 299 g/mol. The Bertz CT molecular complexity index is 504. The van der Waals surface area contributed by atoms with Gasteiger partial charge in [0.05, 0.1) is 12.1 Å². The number of halogens is 3. The summed E-state index contributed by atoms with van der Waals surface area (Å²) in [4.78, 5) is 0. The van der Waals surface area contributed by atoms with E-state index in [-0.39, 0.29) is 17.9 Å². The smallest absolute Gasteiger partial charge is 0.406 e. The van der Waals surface area contributed by atoms with Crippen LogP contribution in [0.5, 0.6) is 5.75 Å². The fraction of sp³-hybridized carbons (Fsp3) is 0.467. The molecule has 1 aliphatic rings. The molecular weight excluding hydrogens is 283 g/mol. The summed E-state index contributed by atoms with van der Waals surface area (Å²) < 4.78 is 45.9.